The number of anilines is 1. The van der Waals surface area contributed by atoms with Crippen LogP contribution in [0.2, 0.25) is 0 Å². The third-order valence-corrected chi connectivity index (χ3v) is 4.95. The highest BCUT2D eigenvalue weighted by Crippen LogP contribution is 2.22. The van der Waals surface area contributed by atoms with Gasteiger partial charge in [-0.15, -0.1) is 0 Å². The highest BCUT2D eigenvalue weighted by molar-refractivity contribution is 5.94. The Hall–Kier alpha value is -2.09. The van der Waals surface area contributed by atoms with Crippen LogP contribution in [0, 0.1) is 23.4 Å². The molecule has 0 spiro atoms. The average molecular weight is 385 g/mol. The van der Waals surface area contributed by atoms with Crippen molar-refractivity contribution in [2.45, 2.75) is 45.6 Å². The fourth-order valence-electron chi connectivity index (χ4n) is 3.11. The molecule has 1 aromatic rings. The van der Waals surface area contributed by atoms with Gasteiger partial charge in [0.2, 0.25) is 11.8 Å². The molecule has 1 aliphatic rings. The highest BCUT2D eigenvalue weighted by Gasteiger charge is 2.30. The number of hydrogen-bond acceptors (Lipinski definition) is 3. The largest absolute Gasteiger partial charge is 0.356 e. The van der Waals surface area contributed by atoms with Crippen molar-refractivity contribution in [3.63, 3.8) is 0 Å². The molecule has 1 atom stereocenters. The van der Waals surface area contributed by atoms with Gasteiger partial charge in [0.05, 0.1) is 11.7 Å². The van der Waals surface area contributed by atoms with Gasteiger partial charge in [-0.3, -0.25) is 14.5 Å². The molecule has 0 saturated carbocycles. The first-order valence-electron chi connectivity index (χ1n) is 9.31. The molecule has 5 nitrogen and oxygen atoms in total. The number of carbonyl (C=O) groups excluding carboxylic acids is 2. The molecule has 150 valence electrons. The number of nitrogens with zero attached hydrogens (tertiary/aromatic N) is 1. The number of hydrogen-bond donors (Lipinski definition) is 2. The number of carbonyl (C=O) groups is 2. The summed E-state index contributed by atoms with van der Waals surface area (Å²) < 4.78 is 40.0. The Morgan fingerprint density at radius 3 is 2.48 bits per heavy atom. The fraction of sp³-hybridized carbons (Fsp3) is 0.579. The van der Waals surface area contributed by atoms with Crippen LogP contribution in [0.15, 0.2) is 12.1 Å². The monoisotopic (exact) mass is 385 g/mol. The summed E-state index contributed by atoms with van der Waals surface area (Å²) in [5, 5.41) is 5.23. The Morgan fingerprint density at radius 2 is 1.85 bits per heavy atom. The standard InChI is InChI=1S/C19H26F3N3O2/c1-3-4-9-23-19(27)13-7-10-25(11-8-13)12(2)18(26)24-15-6-5-14(20)16(21)17(15)22/h5-6,12-13H,3-4,7-11H2,1-2H3,(H,23,27)(H,24,26)/t12-/m1/s1. The third-order valence-electron chi connectivity index (χ3n) is 4.95. The highest BCUT2D eigenvalue weighted by atomic mass is 19.2. The van der Waals surface area contributed by atoms with Gasteiger partial charge in [0.1, 0.15) is 0 Å². The average Bonchev–Trinajstić information content (AvgIpc) is 2.68. The van der Waals surface area contributed by atoms with E-state index < -0.39 is 35.1 Å². The molecule has 0 bridgehead atoms. The Morgan fingerprint density at radius 1 is 1.19 bits per heavy atom. The summed E-state index contributed by atoms with van der Waals surface area (Å²) in [4.78, 5) is 26.3. The lowest BCUT2D eigenvalue weighted by atomic mass is 9.95. The maximum Gasteiger partial charge on any atom is 0.241 e. The Bertz CT molecular complexity index is 676. The van der Waals surface area contributed by atoms with E-state index in [0.717, 1.165) is 25.0 Å². The molecule has 1 aromatic carbocycles. The van der Waals surface area contributed by atoms with Crippen LogP contribution in [0.3, 0.4) is 0 Å². The first kappa shape index (κ1) is 21.2. The quantitative estimate of drug-likeness (QED) is 0.560. The summed E-state index contributed by atoms with van der Waals surface area (Å²) >= 11 is 0. The number of unbranched alkanes of at least 4 members (excludes halogenated alkanes) is 1. The predicted octanol–water partition coefficient (Wildman–Crippen LogP) is 3.06. The van der Waals surface area contributed by atoms with Gasteiger partial charge in [0.15, 0.2) is 17.5 Å². The Kier molecular flexibility index (Phi) is 7.65. The summed E-state index contributed by atoms with van der Waals surface area (Å²) in [6, 6.07) is 1.17. The van der Waals surface area contributed by atoms with Crippen LogP contribution in [0.4, 0.5) is 18.9 Å². The Balaban J connectivity index is 1.86. The Labute approximate surface area is 157 Å². The van der Waals surface area contributed by atoms with Crippen molar-refractivity contribution >= 4 is 17.5 Å². The van der Waals surface area contributed by atoms with Crippen LogP contribution in [0.5, 0.6) is 0 Å². The lowest BCUT2D eigenvalue weighted by Gasteiger charge is -2.34. The minimum Gasteiger partial charge on any atom is -0.356 e. The van der Waals surface area contributed by atoms with E-state index in [1.54, 1.807) is 6.92 Å². The van der Waals surface area contributed by atoms with Crippen LogP contribution in [-0.4, -0.2) is 42.4 Å². The molecule has 1 heterocycles. The molecular formula is C19H26F3N3O2. The van der Waals surface area contributed by atoms with Crippen molar-refractivity contribution in [1.29, 1.82) is 0 Å². The van der Waals surface area contributed by atoms with Crippen molar-refractivity contribution in [2.75, 3.05) is 25.0 Å². The molecule has 1 saturated heterocycles. The number of nitrogens with one attached hydrogen (secondary N) is 2. The number of piperidine rings is 1. The fourth-order valence-corrected chi connectivity index (χ4v) is 3.11. The van der Waals surface area contributed by atoms with Crippen molar-refractivity contribution in [3.8, 4) is 0 Å². The lowest BCUT2D eigenvalue weighted by Crippen LogP contribution is -2.48. The van der Waals surface area contributed by atoms with Crippen molar-refractivity contribution < 1.29 is 22.8 Å². The molecule has 1 aliphatic heterocycles. The van der Waals surface area contributed by atoms with E-state index in [-0.39, 0.29) is 11.8 Å². The summed E-state index contributed by atoms with van der Waals surface area (Å²) in [5.41, 5.74) is -0.393. The molecule has 2 N–H and O–H groups in total. The molecule has 27 heavy (non-hydrogen) atoms. The molecule has 2 amide bonds. The van der Waals surface area contributed by atoms with Gasteiger partial charge >= 0.3 is 0 Å². The summed E-state index contributed by atoms with van der Waals surface area (Å²) in [6.07, 6.45) is 3.23. The van der Waals surface area contributed by atoms with Crippen LogP contribution in [-0.2, 0) is 9.59 Å². The second kappa shape index (κ2) is 9.73. The zero-order valence-electron chi connectivity index (χ0n) is 15.7. The summed E-state index contributed by atoms with van der Waals surface area (Å²) in [7, 11) is 0. The third kappa shape index (κ3) is 5.45. The van der Waals surface area contributed by atoms with Crippen LogP contribution >= 0.6 is 0 Å². The van der Waals surface area contributed by atoms with Gasteiger partial charge in [-0.05, 0) is 51.4 Å². The van der Waals surface area contributed by atoms with Gasteiger partial charge < -0.3 is 10.6 Å². The number of rotatable bonds is 7. The van der Waals surface area contributed by atoms with E-state index in [2.05, 4.69) is 17.6 Å². The van der Waals surface area contributed by atoms with Crippen LogP contribution in [0.25, 0.3) is 0 Å². The van der Waals surface area contributed by atoms with Crippen molar-refractivity contribution in [2.24, 2.45) is 5.92 Å². The van der Waals surface area contributed by atoms with E-state index in [1.165, 1.54) is 0 Å². The van der Waals surface area contributed by atoms with E-state index in [4.69, 9.17) is 0 Å². The first-order chi connectivity index (χ1) is 12.8. The normalized spacial score (nSPS) is 16.8. The van der Waals surface area contributed by atoms with Crippen LogP contribution in [0.1, 0.15) is 39.5 Å². The first-order valence-corrected chi connectivity index (χ1v) is 9.31. The maximum absolute atomic E-state index is 13.7. The lowest BCUT2D eigenvalue weighted by molar-refractivity contribution is -0.127. The summed E-state index contributed by atoms with van der Waals surface area (Å²) in [6.45, 7) is 5.51. The number of amides is 2. The van der Waals surface area contributed by atoms with Gasteiger partial charge in [-0.1, -0.05) is 13.3 Å². The molecule has 0 radical (unpaired) electrons. The maximum atomic E-state index is 13.7. The minimum absolute atomic E-state index is 0.0454. The predicted molar refractivity (Wildman–Crippen MR) is 96.6 cm³/mol. The molecule has 0 aliphatic carbocycles. The van der Waals surface area contributed by atoms with E-state index in [0.29, 0.717) is 32.5 Å². The molecule has 0 aromatic heterocycles. The van der Waals surface area contributed by atoms with E-state index in [9.17, 15) is 22.8 Å². The molecule has 0 unspecified atom stereocenters. The van der Waals surface area contributed by atoms with Crippen molar-refractivity contribution in [3.05, 3.63) is 29.6 Å². The number of halogens is 3. The molecule has 1 fully saturated rings. The van der Waals surface area contributed by atoms with Gasteiger partial charge in [-0.25, -0.2) is 13.2 Å². The molecular weight excluding hydrogens is 359 g/mol. The van der Waals surface area contributed by atoms with Gasteiger partial charge in [0.25, 0.3) is 0 Å². The number of benzene rings is 1. The minimum atomic E-state index is -1.62. The second-order valence-electron chi connectivity index (χ2n) is 6.84. The van der Waals surface area contributed by atoms with Crippen molar-refractivity contribution in [1.82, 2.24) is 10.2 Å². The van der Waals surface area contributed by atoms with Gasteiger partial charge in [0, 0.05) is 12.5 Å². The molecule has 8 heteroatoms. The SMILES string of the molecule is CCCCNC(=O)C1CCN([C@H](C)C(=O)Nc2ccc(F)c(F)c2F)CC1. The van der Waals surface area contributed by atoms with E-state index >= 15 is 0 Å². The second-order valence-corrected chi connectivity index (χ2v) is 6.84. The number of likely N-dealkylation sites (tertiary alicyclic amines) is 1. The van der Waals surface area contributed by atoms with Crippen LogP contribution < -0.4 is 10.6 Å². The van der Waals surface area contributed by atoms with Gasteiger partial charge in [-0.2, -0.15) is 0 Å². The summed E-state index contributed by atoms with van der Waals surface area (Å²) in [5.74, 6) is -4.88. The van der Waals surface area contributed by atoms with E-state index in [1.807, 2.05) is 4.90 Å². The topological polar surface area (TPSA) is 61.4 Å². The zero-order valence-corrected chi connectivity index (χ0v) is 15.7. The smallest absolute Gasteiger partial charge is 0.241 e. The zero-order chi connectivity index (χ0) is 20.0. The molecule has 2 rings (SSSR count).